The van der Waals surface area contributed by atoms with E-state index in [1.807, 2.05) is 6.92 Å². The summed E-state index contributed by atoms with van der Waals surface area (Å²) < 4.78 is 24.1. The third-order valence-corrected chi connectivity index (χ3v) is 5.58. The average Bonchev–Trinajstić information content (AvgIpc) is 2.89. The van der Waals surface area contributed by atoms with Crippen LogP contribution in [0, 0.1) is 11.8 Å². The number of carboxylic acid groups (broad SMARTS) is 1. The Bertz CT molecular complexity index is 924. The van der Waals surface area contributed by atoms with Crippen LogP contribution in [0.3, 0.4) is 0 Å². The molecule has 154 valence electrons. The van der Waals surface area contributed by atoms with E-state index in [2.05, 4.69) is 0 Å². The van der Waals surface area contributed by atoms with Gasteiger partial charge in [0.15, 0.2) is 0 Å². The molecule has 2 bridgehead atoms. The highest BCUT2D eigenvalue weighted by molar-refractivity contribution is 6.34. The Morgan fingerprint density at radius 1 is 1.17 bits per heavy atom. The van der Waals surface area contributed by atoms with E-state index in [1.165, 1.54) is 18.2 Å². The van der Waals surface area contributed by atoms with E-state index >= 15 is 0 Å². The van der Waals surface area contributed by atoms with Gasteiger partial charge in [-0.1, -0.05) is 30.1 Å². The van der Waals surface area contributed by atoms with E-state index in [0.29, 0.717) is 34.5 Å². The molecule has 3 N–H and O–H groups in total. The van der Waals surface area contributed by atoms with Crippen LogP contribution in [0.5, 0.6) is 5.75 Å². The summed E-state index contributed by atoms with van der Waals surface area (Å²) in [5, 5.41) is 10.1. The largest absolute Gasteiger partial charge is 0.478 e. The van der Waals surface area contributed by atoms with Crippen LogP contribution in [0.15, 0.2) is 36.4 Å². The zero-order valence-corrected chi connectivity index (χ0v) is 16.9. The molecule has 2 aromatic rings. The summed E-state index contributed by atoms with van der Waals surface area (Å²) in [5.41, 5.74) is 6.85. The average molecular weight is 440 g/mol. The molecular formula is C20H19Cl2NO6. The number of hydrogen-bond donors (Lipinski definition) is 2. The first-order chi connectivity index (χ1) is 13.8. The number of rotatable bonds is 4. The van der Waals surface area contributed by atoms with Gasteiger partial charge in [-0.2, -0.15) is 0 Å². The molecule has 0 amide bonds. The molecule has 0 aliphatic carbocycles. The number of carbonyl (C=O) groups is 1. The van der Waals surface area contributed by atoms with Crippen molar-refractivity contribution in [3.05, 3.63) is 57.6 Å². The standard InChI is InChI=1S/C20H19Cl2NO6/c1-10-12-8-26-20(27-9-12,13-5-14(21)7-15(22)6-13)29-19(10)28-17-4-11(18(24)25)2-3-16(17)23/h2-7,10,12,19H,8-9,23H2,1H3,(H,24,25). The van der Waals surface area contributed by atoms with Crippen molar-refractivity contribution in [2.75, 3.05) is 18.9 Å². The van der Waals surface area contributed by atoms with Gasteiger partial charge < -0.3 is 25.1 Å². The molecule has 9 heteroatoms. The second-order valence-electron chi connectivity index (χ2n) is 7.12. The minimum absolute atomic E-state index is 0.00848. The predicted molar refractivity (Wildman–Crippen MR) is 106 cm³/mol. The third-order valence-electron chi connectivity index (χ3n) is 5.14. The van der Waals surface area contributed by atoms with Crippen LogP contribution in [0.2, 0.25) is 10.0 Å². The number of fused-ring (bicyclic) bond motifs is 4. The van der Waals surface area contributed by atoms with Crippen molar-refractivity contribution in [3.8, 4) is 5.75 Å². The van der Waals surface area contributed by atoms with Crippen LogP contribution in [0.4, 0.5) is 5.69 Å². The van der Waals surface area contributed by atoms with Crippen LogP contribution in [-0.2, 0) is 20.2 Å². The van der Waals surface area contributed by atoms with Gasteiger partial charge in [0.05, 0.1) is 24.5 Å². The molecule has 3 saturated heterocycles. The summed E-state index contributed by atoms with van der Waals surface area (Å²) in [5.74, 6) is -2.53. The highest BCUT2D eigenvalue weighted by atomic mass is 35.5. The predicted octanol–water partition coefficient (Wildman–Crippen LogP) is 4.12. The van der Waals surface area contributed by atoms with Gasteiger partial charge in [-0.15, -0.1) is 0 Å². The van der Waals surface area contributed by atoms with E-state index in [4.69, 9.17) is 47.9 Å². The van der Waals surface area contributed by atoms with Crippen LogP contribution >= 0.6 is 23.2 Å². The first-order valence-corrected chi connectivity index (χ1v) is 9.75. The number of halogens is 2. The van der Waals surface area contributed by atoms with Crippen LogP contribution in [0.25, 0.3) is 0 Å². The molecule has 0 radical (unpaired) electrons. The summed E-state index contributed by atoms with van der Waals surface area (Å²) in [7, 11) is 0. The molecular weight excluding hydrogens is 421 g/mol. The molecule has 0 saturated carbocycles. The van der Waals surface area contributed by atoms with Crippen molar-refractivity contribution in [2.24, 2.45) is 11.8 Å². The van der Waals surface area contributed by atoms with Crippen LogP contribution < -0.4 is 10.5 Å². The number of benzene rings is 2. The Morgan fingerprint density at radius 2 is 1.83 bits per heavy atom. The van der Waals surface area contributed by atoms with Gasteiger partial charge in [-0.3, -0.25) is 4.74 Å². The molecule has 2 unspecified atom stereocenters. The Labute approximate surface area is 177 Å². The molecule has 2 atom stereocenters. The van der Waals surface area contributed by atoms with Crippen LogP contribution in [0.1, 0.15) is 22.8 Å². The van der Waals surface area contributed by atoms with Gasteiger partial charge in [0.1, 0.15) is 5.75 Å². The Kier molecular flexibility index (Phi) is 5.35. The fraction of sp³-hybridized carbons (Fsp3) is 0.350. The fourth-order valence-electron chi connectivity index (χ4n) is 3.37. The summed E-state index contributed by atoms with van der Waals surface area (Å²) in [6.45, 7) is 2.72. The molecule has 5 rings (SSSR count). The normalized spacial score (nSPS) is 28.7. The highest BCUT2D eigenvalue weighted by Gasteiger charge is 2.51. The smallest absolute Gasteiger partial charge is 0.335 e. The van der Waals surface area contributed by atoms with Gasteiger partial charge in [-0.25, -0.2) is 4.79 Å². The molecule has 3 aliphatic rings. The van der Waals surface area contributed by atoms with Gasteiger partial charge in [0.2, 0.25) is 6.29 Å². The van der Waals surface area contributed by atoms with Gasteiger partial charge in [0.25, 0.3) is 0 Å². The molecule has 3 heterocycles. The lowest BCUT2D eigenvalue weighted by molar-refractivity contribution is -0.426. The minimum atomic E-state index is -1.54. The monoisotopic (exact) mass is 439 g/mol. The maximum Gasteiger partial charge on any atom is 0.335 e. The van der Waals surface area contributed by atoms with Crippen molar-refractivity contribution in [1.29, 1.82) is 0 Å². The number of anilines is 1. The summed E-state index contributed by atoms with van der Waals surface area (Å²) in [6, 6.07) is 9.16. The highest BCUT2D eigenvalue weighted by Crippen LogP contribution is 2.44. The quantitative estimate of drug-likeness (QED) is 0.690. The number of ether oxygens (including phenoxy) is 4. The molecule has 7 nitrogen and oxygen atoms in total. The topological polar surface area (TPSA) is 100 Å². The molecule has 2 aromatic carbocycles. The molecule has 29 heavy (non-hydrogen) atoms. The Morgan fingerprint density at radius 3 is 2.45 bits per heavy atom. The van der Waals surface area contributed by atoms with Crippen molar-refractivity contribution in [1.82, 2.24) is 0 Å². The van der Waals surface area contributed by atoms with E-state index in [9.17, 15) is 9.90 Å². The summed E-state index contributed by atoms with van der Waals surface area (Å²) in [4.78, 5) is 11.3. The van der Waals surface area contributed by atoms with Crippen molar-refractivity contribution < 1.29 is 28.8 Å². The number of aromatic carboxylic acids is 1. The van der Waals surface area contributed by atoms with Crippen molar-refractivity contribution in [3.63, 3.8) is 0 Å². The van der Waals surface area contributed by atoms with Crippen molar-refractivity contribution >= 4 is 34.9 Å². The second-order valence-corrected chi connectivity index (χ2v) is 7.99. The summed E-state index contributed by atoms with van der Waals surface area (Å²) in [6.07, 6.45) is -0.811. The Hall–Kier alpha value is -2.03. The lowest BCUT2D eigenvalue weighted by Crippen LogP contribution is -2.42. The zero-order chi connectivity index (χ0) is 20.8. The molecule has 0 spiro atoms. The van der Waals surface area contributed by atoms with E-state index in [0.717, 1.165) is 0 Å². The number of hydrogen-bond acceptors (Lipinski definition) is 6. The molecule has 3 fully saturated rings. The maximum absolute atomic E-state index is 11.3. The molecule has 0 aromatic heterocycles. The molecule has 3 aliphatic heterocycles. The fourth-order valence-corrected chi connectivity index (χ4v) is 3.89. The summed E-state index contributed by atoms with van der Waals surface area (Å²) >= 11 is 12.3. The lowest BCUT2D eigenvalue weighted by atomic mass is 9.95. The number of nitrogen functional groups attached to an aromatic ring is 1. The van der Waals surface area contributed by atoms with E-state index in [1.54, 1.807) is 18.2 Å². The minimum Gasteiger partial charge on any atom is -0.478 e. The van der Waals surface area contributed by atoms with E-state index < -0.39 is 18.2 Å². The van der Waals surface area contributed by atoms with Gasteiger partial charge >= 0.3 is 11.9 Å². The third kappa shape index (κ3) is 3.89. The second kappa shape index (κ2) is 7.66. The SMILES string of the molecule is CC1C2COC(c3cc(Cl)cc(Cl)c3)(OC2)OC1Oc1cc(C(=O)O)ccc1N. The Balaban J connectivity index is 1.69. The van der Waals surface area contributed by atoms with Crippen LogP contribution in [-0.4, -0.2) is 30.6 Å². The van der Waals surface area contributed by atoms with Crippen molar-refractivity contribution in [2.45, 2.75) is 19.2 Å². The zero-order valence-electron chi connectivity index (χ0n) is 15.4. The number of carboxylic acids is 1. The van der Waals surface area contributed by atoms with E-state index in [-0.39, 0.29) is 23.1 Å². The number of nitrogens with two attached hydrogens (primary N) is 1. The first-order valence-electron chi connectivity index (χ1n) is 8.99. The maximum atomic E-state index is 11.3. The first kappa shape index (κ1) is 20.3. The van der Waals surface area contributed by atoms with Gasteiger partial charge in [-0.05, 0) is 36.4 Å². The van der Waals surface area contributed by atoms with Gasteiger partial charge in [0, 0.05) is 27.4 Å². The lowest BCUT2D eigenvalue weighted by Gasteiger charge is -2.36.